The lowest BCUT2D eigenvalue weighted by Crippen LogP contribution is -2.47. The molecule has 1 atom stereocenters. The zero-order chi connectivity index (χ0) is 18.7. The van der Waals surface area contributed by atoms with Crippen molar-refractivity contribution in [3.8, 4) is 0 Å². The Kier molecular flexibility index (Phi) is 10.7. The molecule has 2 N–H and O–H groups in total. The number of hydrogen-bond donors (Lipinski definition) is 2. The van der Waals surface area contributed by atoms with Gasteiger partial charge in [0, 0.05) is 29.1 Å². The van der Waals surface area contributed by atoms with Crippen LogP contribution in [0.4, 0.5) is 0 Å². The van der Waals surface area contributed by atoms with E-state index in [1.54, 1.807) is 0 Å². The van der Waals surface area contributed by atoms with Gasteiger partial charge in [0.1, 0.15) is 6.04 Å². The minimum Gasteiger partial charge on any atom is -0.354 e. The van der Waals surface area contributed by atoms with Gasteiger partial charge in [0.25, 0.3) is 0 Å². The maximum Gasteiger partial charge on any atom is 0.243 e. The highest BCUT2D eigenvalue weighted by Crippen LogP contribution is 2.25. The van der Waals surface area contributed by atoms with Crippen molar-refractivity contribution in [1.29, 1.82) is 0 Å². The van der Waals surface area contributed by atoms with Crippen LogP contribution in [-0.4, -0.2) is 30.2 Å². The predicted molar refractivity (Wildman–Crippen MR) is 106 cm³/mol. The molecule has 1 aromatic rings. The molecule has 1 aromatic carbocycles. The quantitative estimate of drug-likeness (QED) is 0.441. The molecule has 25 heavy (non-hydrogen) atoms. The number of nitrogens with one attached hydrogen (secondary N) is 2. The van der Waals surface area contributed by atoms with Gasteiger partial charge in [-0.05, 0) is 31.0 Å². The van der Waals surface area contributed by atoms with Gasteiger partial charge >= 0.3 is 0 Å². The first-order chi connectivity index (χ1) is 11.9. The van der Waals surface area contributed by atoms with Crippen LogP contribution >= 0.6 is 23.4 Å². The Morgan fingerprint density at radius 2 is 1.92 bits per heavy atom. The van der Waals surface area contributed by atoms with Crippen LogP contribution in [0.2, 0.25) is 5.02 Å². The molecule has 0 saturated carbocycles. The molecule has 2 amide bonds. The van der Waals surface area contributed by atoms with Gasteiger partial charge < -0.3 is 10.6 Å². The minimum atomic E-state index is -0.543. The molecule has 1 rings (SSSR count). The standard InChI is InChI=1S/C19H29ClN2O2S/c1-4-5-6-7-8-11-21-19(24)18(22-15(3)23)13-25-16-10-9-14(2)17(20)12-16/h9-10,12,18H,4-8,11,13H2,1-3H3,(H,21,24)(H,22,23). The van der Waals surface area contributed by atoms with E-state index in [0.717, 1.165) is 23.3 Å². The first-order valence-corrected chi connectivity index (χ1v) is 10.2. The summed E-state index contributed by atoms with van der Waals surface area (Å²) in [5.41, 5.74) is 1.02. The predicted octanol–water partition coefficient (Wildman–Crippen LogP) is 4.33. The highest BCUT2D eigenvalue weighted by molar-refractivity contribution is 7.99. The van der Waals surface area contributed by atoms with Gasteiger partial charge in [-0.25, -0.2) is 0 Å². The molecule has 0 heterocycles. The van der Waals surface area contributed by atoms with Crippen molar-refractivity contribution in [2.24, 2.45) is 0 Å². The van der Waals surface area contributed by atoms with Gasteiger partial charge in [-0.15, -0.1) is 11.8 Å². The molecule has 0 aliphatic rings. The molecular formula is C19H29ClN2O2S. The molecule has 0 aromatic heterocycles. The Balaban J connectivity index is 2.47. The number of benzene rings is 1. The molecule has 0 aliphatic heterocycles. The van der Waals surface area contributed by atoms with E-state index >= 15 is 0 Å². The van der Waals surface area contributed by atoms with Gasteiger partial charge in [0.15, 0.2) is 0 Å². The number of unbranched alkanes of at least 4 members (excludes halogenated alkanes) is 4. The van der Waals surface area contributed by atoms with Crippen LogP contribution in [0.15, 0.2) is 23.1 Å². The third-order valence-corrected chi connectivity index (χ3v) is 5.33. The lowest BCUT2D eigenvalue weighted by atomic mass is 10.1. The average Bonchev–Trinajstić information content (AvgIpc) is 2.57. The lowest BCUT2D eigenvalue weighted by molar-refractivity contribution is -0.127. The van der Waals surface area contributed by atoms with E-state index in [0.29, 0.717) is 17.3 Å². The zero-order valence-corrected chi connectivity index (χ0v) is 16.9. The van der Waals surface area contributed by atoms with Crippen LogP contribution in [0, 0.1) is 6.92 Å². The summed E-state index contributed by atoms with van der Waals surface area (Å²) in [7, 11) is 0. The molecule has 6 heteroatoms. The minimum absolute atomic E-state index is 0.128. The van der Waals surface area contributed by atoms with E-state index in [-0.39, 0.29) is 11.8 Å². The van der Waals surface area contributed by atoms with E-state index in [4.69, 9.17) is 11.6 Å². The summed E-state index contributed by atoms with van der Waals surface area (Å²) >= 11 is 7.65. The SMILES string of the molecule is CCCCCCCNC(=O)C(CSc1ccc(C)c(Cl)c1)NC(C)=O. The van der Waals surface area contributed by atoms with E-state index in [2.05, 4.69) is 17.6 Å². The van der Waals surface area contributed by atoms with Crippen LogP contribution in [0.5, 0.6) is 0 Å². The number of carbonyl (C=O) groups excluding carboxylic acids is 2. The van der Waals surface area contributed by atoms with Crippen molar-refractivity contribution < 1.29 is 9.59 Å². The first kappa shape index (κ1) is 21.8. The van der Waals surface area contributed by atoms with Crippen LogP contribution in [0.25, 0.3) is 0 Å². The molecule has 0 spiro atoms. The van der Waals surface area contributed by atoms with E-state index in [1.165, 1.54) is 37.9 Å². The summed E-state index contributed by atoms with van der Waals surface area (Å²) in [5, 5.41) is 6.37. The van der Waals surface area contributed by atoms with Crippen LogP contribution < -0.4 is 10.6 Å². The molecule has 0 bridgehead atoms. The Labute approximate surface area is 160 Å². The monoisotopic (exact) mass is 384 g/mol. The Bertz CT molecular complexity index is 566. The summed E-state index contributed by atoms with van der Waals surface area (Å²) in [6.07, 6.45) is 5.73. The molecule has 4 nitrogen and oxygen atoms in total. The van der Waals surface area contributed by atoms with Crippen LogP contribution in [0.1, 0.15) is 51.5 Å². The molecule has 0 saturated heterocycles. The number of carbonyl (C=O) groups is 2. The second-order valence-electron chi connectivity index (χ2n) is 6.18. The van der Waals surface area contributed by atoms with Gasteiger partial charge in [0.05, 0.1) is 0 Å². The fourth-order valence-electron chi connectivity index (χ4n) is 2.33. The van der Waals surface area contributed by atoms with Crippen molar-refractivity contribution in [3.05, 3.63) is 28.8 Å². The molecule has 0 aliphatic carbocycles. The summed E-state index contributed by atoms with van der Waals surface area (Å²) in [4.78, 5) is 24.7. The highest BCUT2D eigenvalue weighted by Gasteiger charge is 2.19. The average molecular weight is 385 g/mol. The fourth-order valence-corrected chi connectivity index (χ4v) is 3.54. The molecule has 1 unspecified atom stereocenters. The second kappa shape index (κ2) is 12.2. The fraction of sp³-hybridized carbons (Fsp3) is 0.579. The maximum atomic E-state index is 12.3. The molecule has 140 valence electrons. The van der Waals surface area contributed by atoms with Crippen molar-refractivity contribution in [2.45, 2.75) is 63.8 Å². The largest absolute Gasteiger partial charge is 0.354 e. The van der Waals surface area contributed by atoms with Crippen LogP contribution in [-0.2, 0) is 9.59 Å². The first-order valence-electron chi connectivity index (χ1n) is 8.87. The van der Waals surface area contributed by atoms with Gasteiger partial charge in [-0.1, -0.05) is 50.3 Å². The molecule has 0 fully saturated rings. The summed E-state index contributed by atoms with van der Waals surface area (Å²) in [6.45, 7) is 6.21. The van der Waals surface area contributed by atoms with Crippen molar-refractivity contribution in [3.63, 3.8) is 0 Å². The number of hydrogen-bond acceptors (Lipinski definition) is 3. The molecule has 0 radical (unpaired) electrons. The van der Waals surface area contributed by atoms with E-state index in [1.807, 2.05) is 25.1 Å². The number of thioether (sulfide) groups is 1. The third kappa shape index (κ3) is 9.17. The topological polar surface area (TPSA) is 58.2 Å². The Morgan fingerprint density at radius 1 is 1.20 bits per heavy atom. The number of rotatable bonds is 11. The maximum absolute atomic E-state index is 12.3. The van der Waals surface area contributed by atoms with Gasteiger partial charge in [-0.2, -0.15) is 0 Å². The van der Waals surface area contributed by atoms with E-state index in [9.17, 15) is 9.59 Å². The number of aryl methyl sites for hydroxylation is 1. The third-order valence-electron chi connectivity index (χ3n) is 3.83. The van der Waals surface area contributed by atoms with Crippen molar-refractivity contribution in [2.75, 3.05) is 12.3 Å². The van der Waals surface area contributed by atoms with Crippen molar-refractivity contribution in [1.82, 2.24) is 10.6 Å². The zero-order valence-electron chi connectivity index (χ0n) is 15.4. The summed E-state index contributed by atoms with van der Waals surface area (Å²) < 4.78 is 0. The second-order valence-corrected chi connectivity index (χ2v) is 7.68. The lowest BCUT2D eigenvalue weighted by Gasteiger charge is -2.17. The normalized spacial score (nSPS) is 11.8. The summed E-state index contributed by atoms with van der Waals surface area (Å²) in [6, 6.07) is 5.27. The van der Waals surface area contributed by atoms with Crippen molar-refractivity contribution >= 4 is 35.2 Å². The van der Waals surface area contributed by atoms with Gasteiger partial charge in [-0.3, -0.25) is 9.59 Å². The summed E-state index contributed by atoms with van der Waals surface area (Å²) in [5.74, 6) is 0.141. The smallest absolute Gasteiger partial charge is 0.243 e. The Hall–Kier alpha value is -1.20. The number of halogens is 1. The van der Waals surface area contributed by atoms with Crippen LogP contribution in [0.3, 0.4) is 0 Å². The van der Waals surface area contributed by atoms with E-state index < -0.39 is 6.04 Å². The molecular weight excluding hydrogens is 356 g/mol. The Morgan fingerprint density at radius 3 is 2.56 bits per heavy atom. The number of amides is 2. The highest BCUT2D eigenvalue weighted by atomic mass is 35.5. The van der Waals surface area contributed by atoms with Gasteiger partial charge in [0.2, 0.25) is 11.8 Å².